The Morgan fingerprint density at radius 2 is 1.78 bits per heavy atom. The van der Waals surface area contributed by atoms with Crippen molar-refractivity contribution in [1.82, 2.24) is 0 Å². The summed E-state index contributed by atoms with van der Waals surface area (Å²) in [7, 11) is 0. The van der Waals surface area contributed by atoms with Crippen LogP contribution in [0.2, 0.25) is 0 Å². The molecule has 18 heavy (non-hydrogen) atoms. The lowest BCUT2D eigenvalue weighted by Crippen LogP contribution is -2.46. The third kappa shape index (κ3) is 5.68. The molecule has 0 heterocycles. The molecule has 3 atom stereocenters. The highest BCUT2D eigenvalue weighted by Gasteiger charge is 2.26. The van der Waals surface area contributed by atoms with Crippen LogP contribution in [0.1, 0.15) is 6.92 Å². The van der Waals surface area contributed by atoms with Crippen LogP contribution in [0.15, 0.2) is 0 Å². The summed E-state index contributed by atoms with van der Waals surface area (Å²) in [5, 5.41) is 9.00. The molecule has 0 aliphatic heterocycles. The van der Waals surface area contributed by atoms with E-state index in [-0.39, 0.29) is 6.54 Å². The minimum atomic E-state index is -1.35. The van der Waals surface area contributed by atoms with Crippen molar-refractivity contribution in [3.05, 3.63) is 0 Å². The number of nitrogens with two attached hydrogens (primary N) is 3. The Morgan fingerprint density at radius 1 is 1.22 bits per heavy atom. The summed E-state index contributed by atoms with van der Waals surface area (Å²) in [6, 6.07) is -2.68. The van der Waals surface area contributed by atoms with Crippen LogP contribution in [0.25, 0.3) is 0 Å². The largest absolute Gasteiger partial charge is 0.462 e. The van der Waals surface area contributed by atoms with Gasteiger partial charge in [0.1, 0.15) is 18.7 Å². The topological polar surface area (TPSA) is 168 Å². The van der Waals surface area contributed by atoms with Crippen LogP contribution in [-0.4, -0.2) is 54.4 Å². The van der Waals surface area contributed by atoms with Gasteiger partial charge in [-0.3, -0.25) is 4.79 Å². The number of hydrogen-bond acceptors (Lipinski definition) is 9. The fourth-order valence-corrected chi connectivity index (χ4v) is 0.750. The summed E-state index contributed by atoms with van der Waals surface area (Å²) in [6.07, 6.45) is -1.17. The van der Waals surface area contributed by atoms with Crippen LogP contribution in [-0.2, 0) is 23.9 Å². The van der Waals surface area contributed by atoms with E-state index in [1.54, 1.807) is 0 Å². The molecule has 0 amide bonds. The Kier molecular flexibility index (Phi) is 7.05. The van der Waals surface area contributed by atoms with Gasteiger partial charge >= 0.3 is 17.9 Å². The lowest BCUT2D eigenvalue weighted by molar-refractivity contribution is -0.164. The zero-order valence-electron chi connectivity index (χ0n) is 9.87. The molecule has 0 rings (SSSR count). The molecule has 0 saturated heterocycles. The highest BCUT2D eigenvalue weighted by Crippen LogP contribution is 1.96. The van der Waals surface area contributed by atoms with E-state index in [1.807, 2.05) is 0 Å². The molecule has 0 radical (unpaired) electrons. The van der Waals surface area contributed by atoms with Crippen molar-refractivity contribution < 1.29 is 29.0 Å². The second kappa shape index (κ2) is 7.71. The van der Waals surface area contributed by atoms with E-state index < -0.39 is 42.7 Å². The summed E-state index contributed by atoms with van der Waals surface area (Å²) in [5.74, 6) is -2.97. The molecule has 7 N–H and O–H groups in total. The van der Waals surface area contributed by atoms with E-state index in [0.717, 1.165) is 0 Å². The number of carbonyl (C=O) groups excluding carboxylic acids is 3. The van der Waals surface area contributed by atoms with Crippen molar-refractivity contribution in [3.63, 3.8) is 0 Å². The van der Waals surface area contributed by atoms with E-state index in [4.69, 9.17) is 22.3 Å². The summed E-state index contributed by atoms with van der Waals surface area (Å²) >= 11 is 0. The summed E-state index contributed by atoms with van der Waals surface area (Å²) in [5.41, 5.74) is 15.5. The SMILES string of the molecule is C[C@@H](O)[C@H](N)C(=O)OC(=O)[C@@H](N)COC(=O)CN. The number of esters is 3. The molecule has 104 valence electrons. The van der Waals surface area contributed by atoms with E-state index in [1.165, 1.54) is 6.92 Å². The van der Waals surface area contributed by atoms with Crippen LogP contribution in [0.4, 0.5) is 0 Å². The normalized spacial score (nSPS) is 15.4. The molecule has 0 aliphatic carbocycles. The van der Waals surface area contributed by atoms with Gasteiger partial charge < -0.3 is 31.8 Å². The zero-order valence-corrected chi connectivity index (χ0v) is 9.87. The van der Waals surface area contributed by atoms with Crippen LogP contribution in [0.5, 0.6) is 0 Å². The fourth-order valence-electron chi connectivity index (χ4n) is 0.750. The first-order chi connectivity index (χ1) is 8.29. The molecule has 0 fully saturated rings. The summed E-state index contributed by atoms with van der Waals surface area (Å²) in [4.78, 5) is 33.1. The van der Waals surface area contributed by atoms with Gasteiger partial charge in [-0.25, -0.2) is 9.59 Å². The molecule has 0 spiro atoms. The molecule has 0 unspecified atom stereocenters. The maximum absolute atomic E-state index is 11.3. The average molecular weight is 263 g/mol. The van der Waals surface area contributed by atoms with Gasteiger partial charge in [0.15, 0.2) is 0 Å². The minimum Gasteiger partial charge on any atom is -0.462 e. The zero-order chi connectivity index (χ0) is 14.3. The van der Waals surface area contributed by atoms with Crippen LogP contribution < -0.4 is 17.2 Å². The number of ether oxygens (including phenoxy) is 2. The van der Waals surface area contributed by atoms with Crippen molar-refractivity contribution in [2.75, 3.05) is 13.2 Å². The van der Waals surface area contributed by atoms with Crippen molar-refractivity contribution in [2.45, 2.75) is 25.1 Å². The van der Waals surface area contributed by atoms with Gasteiger partial charge in [0, 0.05) is 0 Å². The van der Waals surface area contributed by atoms with Gasteiger partial charge in [0.2, 0.25) is 0 Å². The molecule has 0 aromatic heterocycles. The maximum atomic E-state index is 11.3. The molecular formula is C9H17N3O6. The van der Waals surface area contributed by atoms with Crippen molar-refractivity contribution >= 4 is 17.9 Å². The van der Waals surface area contributed by atoms with Gasteiger partial charge in [-0.2, -0.15) is 0 Å². The van der Waals surface area contributed by atoms with Crippen molar-refractivity contribution in [2.24, 2.45) is 17.2 Å². The second-order valence-electron chi connectivity index (χ2n) is 3.50. The number of hydrogen-bond donors (Lipinski definition) is 4. The summed E-state index contributed by atoms with van der Waals surface area (Å²) in [6.45, 7) is 0.443. The van der Waals surface area contributed by atoms with Gasteiger partial charge in [0.05, 0.1) is 12.6 Å². The molecule has 0 aromatic rings. The van der Waals surface area contributed by atoms with Crippen molar-refractivity contribution in [3.8, 4) is 0 Å². The molecule has 0 aromatic carbocycles. The minimum absolute atomic E-state index is 0.354. The number of rotatable bonds is 6. The van der Waals surface area contributed by atoms with Gasteiger partial charge in [-0.05, 0) is 6.92 Å². The van der Waals surface area contributed by atoms with Crippen molar-refractivity contribution in [1.29, 1.82) is 0 Å². The Bertz CT molecular complexity index is 319. The maximum Gasteiger partial charge on any atom is 0.334 e. The first-order valence-electron chi connectivity index (χ1n) is 5.10. The van der Waals surface area contributed by atoms with Gasteiger partial charge in [0.25, 0.3) is 0 Å². The molecule has 0 aliphatic rings. The average Bonchev–Trinajstić information content (AvgIpc) is 2.33. The van der Waals surface area contributed by atoms with E-state index in [0.29, 0.717) is 0 Å². The van der Waals surface area contributed by atoms with Crippen LogP contribution >= 0.6 is 0 Å². The highest BCUT2D eigenvalue weighted by molar-refractivity contribution is 5.91. The lowest BCUT2D eigenvalue weighted by atomic mass is 10.2. The second-order valence-corrected chi connectivity index (χ2v) is 3.50. The predicted octanol–water partition coefficient (Wildman–Crippen LogP) is -3.41. The lowest BCUT2D eigenvalue weighted by Gasteiger charge is -2.15. The molecule has 0 saturated carbocycles. The molecular weight excluding hydrogens is 246 g/mol. The smallest absolute Gasteiger partial charge is 0.334 e. The standard InChI is InChI=1S/C9H17N3O6/c1-4(13)7(12)9(16)18-8(15)5(11)3-17-6(14)2-10/h4-5,7,13H,2-3,10-12H2,1H3/t4-,5+,7+/m1/s1. The Hall–Kier alpha value is -1.55. The van der Waals surface area contributed by atoms with E-state index in [2.05, 4.69) is 9.47 Å². The van der Waals surface area contributed by atoms with Gasteiger partial charge in [-0.15, -0.1) is 0 Å². The van der Waals surface area contributed by atoms with E-state index >= 15 is 0 Å². The quantitative estimate of drug-likeness (QED) is 0.282. The third-order valence-corrected chi connectivity index (χ3v) is 1.89. The third-order valence-electron chi connectivity index (χ3n) is 1.89. The number of carbonyl (C=O) groups is 3. The number of aliphatic hydroxyl groups excluding tert-OH is 1. The molecule has 9 heteroatoms. The summed E-state index contributed by atoms with van der Waals surface area (Å²) < 4.78 is 8.77. The van der Waals surface area contributed by atoms with Crippen LogP contribution in [0, 0.1) is 0 Å². The Labute approximate surface area is 103 Å². The van der Waals surface area contributed by atoms with Crippen LogP contribution in [0.3, 0.4) is 0 Å². The first-order valence-corrected chi connectivity index (χ1v) is 5.10. The first kappa shape index (κ1) is 16.4. The monoisotopic (exact) mass is 263 g/mol. The molecule has 9 nitrogen and oxygen atoms in total. The fraction of sp³-hybridized carbons (Fsp3) is 0.667. The van der Waals surface area contributed by atoms with E-state index in [9.17, 15) is 14.4 Å². The Balaban J connectivity index is 4.16. The number of aliphatic hydroxyl groups is 1. The Morgan fingerprint density at radius 3 is 2.22 bits per heavy atom. The predicted molar refractivity (Wildman–Crippen MR) is 58.7 cm³/mol. The molecule has 0 bridgehead atoms. The van der Waals surface area contributed by atoms with Gasteiger partial charge in [-0.1, -0.05) is 0 Å². The highest BCUT2D eigenvalue weighted by atomic mass is 16.6.